The molecule has 0 radical (unpaired) electrons. The van der Waals surface area contributed by atoms with Crippen LogP contribution in [0.2, 0.25) is 5.02 Å². The van der Waals surface area contributed by atoms with Crippen LogP contribution >= 0.6 is 23.8 Å². The Morgan fingerprint density at radius 1 is 1.47 bits per heavy atom. The van der Waals surface area contributed by atoms with Gasteiger partial charge in [-0.3, -0.25) is 0 Å². The van der Waals surface area contributed by atoms with Gasteiger partial charge in [0.05, 0.1) is 7.11 Å². The Balaban J connectivity index is 2.65. The molecule has 0 bridgehead atoms. The Bertz CT molecular complexity index is 396. The molecule has 1 rings (SSSR count). The summed E-state index contributed by atoms with van der Waals surface area (Å²) in [6, 6.07) is 5.88. The first kappa shape index (κ1) is 14.1. The van der Waals surface area contributed by atoms with Gasteiger partial charge in [0.2, 0.25) is 0 Å². The molecule has 0 heterocycles. The number of ether oxygens (including phenoxy) is 1. The minimum atomic E-state index is 0.308. The zero-order valence-electron chi connectivity index (χ0n) is 10.2. The van der Waals surface area contributed by atoms with Crippen LogP contribution in [0, 0.1) is 0 Å². The smallest absolute Gasteiger partial charge is 0.166 e. The van der Waals surface area contributed by atoms with E-state index in [0.29, 0.717) is 22.7 Å². The highest BCUT2D eigenvalue weighted by Crippen LogP contribution is 2.25. The fourth-order valence-electron chi connectivity index (χ4n) is 1.38. The number of methoxy groups -OCH3 is 1. The molecule has 0 fully saturated rings. The van der Waals surface area contributed by atoms with Gasteiger partial charge in [-0.15, -0.1) is 0 Å². The lowest BCUT2D eigenvalue weighted by Crippen LogP contribution is -2.38. The molecule has 1 aromatic carbocycles. The van der Waals surface area contributed by atoms with Crippen LogP contribution < -0.4 is 15.4 Å². The maximum Gasteiger partial charge on any atom is 0.166 e. The van der Waals surface area contributed by atoms with Gasteiger partial charge in [0.25, 0.3) is 0 Å². The van der Waals surface area contributed by atoms with E-state index < -0.39 is 0 Å². The van der Waals surface area contributed by atoms with Crippen LogP contribution in [-0.4, -0.2) is 18.3 Å². The van der Waals surface area contributed by atoms with Crippen molar-refractivity contribution in [3.8, 4) is 5.75 Å². The predicted molar refractivity (Wildman–Crippen MR) is 75.7 cm³/mol. The van der Waals surface area contributed by atoms with E-state index >= 15 is 0 Å². The van der Waals surface area contributed by atoms with Gasteiger partial charge in [-0.1, -0.05) is 17.7 Å². The maximum absolute atomic E-state index is 6.11. The molecule has 0 aromatic heterocycles. The Morgan fingerprint density at radius 2 is 2.18 bits per heavy atom. The quantitative estimate of drug-likeness (QED) is 0.826. The number of benzene rings is 1. The van der Waals surface area contributed by atoms with Crippen molar-refractivity contribution < 1.29 is 4.74 Å². The van der Waals surface area contributed by atoms with Gasteiger partial charge >= 0.3 is 0 Å². The van der Waals surface area contributed by atoms with Crippen molar-refractivity contribution in [2.45, 2.75) is 26.4 Å². The molecule has 0 spiro atoms. The molecule has 2 N–H and O–H groups in total. The minimum Gasteiger partial charge on any atom is -0.496 e. The molecule has 0 atom stereocenters. The number of halogens is 1. The van der Waals surface area contributed by atoms with Crippen molar-refractivity contribution in [3.63, 3.8) is 0 Å². The highest BCUT2D eigenvalue weighted by atomic mass is 35.5. The first-order valence-electron chi connectivity index (χ1n) is 5.40. The van der Waals surface area contributed by atoms with Gasteiger partial charge < -0.3 is 15.4 Å². The molecule has 0 aliphatic heterocycles. The molecule has 5 heteroatoms. The molecule has 0 aliphatic rings. The number of hydrogen-bond donors (Lipinski definition) is 2. The predicted octanol–water partition coefficient (Wildman–Crippen LogP) is 2.72. The molecular weight excluding hydrogens is 256 g/mol. The summed E-state index contributed by atoms with van der Waals surface area (Å²) in [6.07, 6.45) is 0. The second kappa shape index (κ2) is 6.67. The first-order chi connectivity index (χ1) is 8.04. The van der Waals surface area contributed by atoms with Gasteiger partial charge in [-0.25, -0.2) is 0 Å². The van der Waals surface area contributed by atoms with Crippen LogP contribution in [0.25, 0.3) is 0 Å². The SMILES string of the molecule is COc1cccc(Cl)c1CNC(=S)NC(C)C. The van der Waals surface area contributed by atoms with Crippen LogP contribution in [0.3, 0.4) is 0 Å². The highest BCUT2D eigenvalue weighted by Gasteiger charge is 2.08. The molecule has 0 saturated heterocycles. The van der Waals surface area contributed by atoms with Crippen LogP contribution in [0.5, 0.6) is 5.75 Å². The second-order valence-electron chi connectivity index (χ2n) is 3.90. The van der Waals surface area contributed by atoms with Crippen LogP contribution in [0.4, 0.5) is 0 Å². The number of nitrogens with one attached hydrogen (secondary N) is 2. The van der Waals surface area contributed by atoms with Gasteiger partial charge in [-0.2, -0.15) is 0 Å². The molecule has 0 aliphatic carbocycles. The molecule has 1 aromatic rings. The lowest BCUT2D eigenvalue weighted by Gasteiger charge is -2.15. The van der Waals surface area contributed by atoms with Gasteiger partial charge in [-0.05, 0) is 38.2 Å². The third-order valence-corrected chi connectivity index (χ3v) is 2.76. The average molecular weight is 273 g/mol. The lowest BCUT2D eigenvalue weighted by atomic mass is 10.2. The summed E-state index contributed by atoms with van der Waals surface area (Å²) in [5, 5.41) is 7.49. The second-order valence-corrected chi connectivity index (χ2v) is 4.72. The largest absolute Gasteiger partial charge is 0.496 e. The summed E-state index contributed by atoms with van der Waals surface area (Å²) in [6.45, 7) is 4.61. The number of hydrogen-bond acceptors (Lipinski definition) is 2. The Kier molecular flexibility index (Phi) is 5.51. The zero-order valence-corrected chi connectivity index (χ0v) is 11.8. The summed E-state index contributed by atoms with van der Waals surface area (Å²) < 4.78 is 5.25. The fourth-order valence-corrected chi connectivity index (χ4v) is 1.92. The van der Waals surface area contributed by atoms with E-state index in [9.17, 15) is 0 Å². The summed E-state index contributed by atoms with van der Waals surface area (Å²) in [7, 11) is 1.62. The zero-order chi connectivity index (χ0) is 12.8. The minimum absolute atomic E-state index is 0.308. The van der Waals surface area contributed by atoms with Crippen molar-refractivity contribution in [1.82, 2.24) is 10.6 Å². The summed E-state index contributed by atoms with van der Waals surface area (Å²) in [4.78, 5) is 0. The molecule has 94 valence electrons. The molecule has 3 nitrogen and oxygen atoms in total. The molecule has 0 amide bonds. The average Bonchev–Trinajstić information content (AvgIpc) is 2.26. The monoisotopic (exact) mass is 272 g/mol. The molecular formula is C12H17ClN2OS. The van der Waals surface area contributed by atoms with E-state index in [0.717, 1.165) is 11.3 Å². The normalized spacial score (nSPS) is 10.2. The van der Waals surface area contributed by atoms with Gasteiger partial charge in [0.1, 0.15) is 5.75 Å². The topological polar surface area (TPSA) is 33.3 Å². The van der Waals surface area contributed by atoms with E-state index in [1.54, 1.807) is 7.11 Å². The van der Waals surface area contributed by atoms with E-state index in [-0.39, 0.29) is 0 Å². The van der Waals surface area contributed by atoms with Crippen molar-refractivity contribution in [2.75, 3.05) is 7.11 Å². The third kappa shape index (κ3) is 4.40. The van der Waals surface area contributed by atoms with E-state index in [2.05, 4.69) is 10.6 Å². The van der Waals surface area contributed by atoms with Crippen molar-refractivity contribution in [3.05, 3.63) is 28.8 Å². The standard InChI is InChI=1S/C12H17ClN2OS/c1-8(2)15-12(17)14-7-9-10(13)5-4-6-11(9)16-3/h4-6,8H,7H2,1-3H3,(H2,14,15,17). The van der Waals surface area contributed by atoms with Crippen LogP contribution in [0.15, 0.2) is 18.2 Å². The summed E-state index contributed by atoms with van der Waals surface area (Å²) >= 11 is 11.3. The van der Waals surface area contributed by atoms with Crippen molar-refractivity contribution >= 4 is 28.9 Å². The summed E-state index contributed by atoms with van der Waals surface area (Å²) in [5.74, 6) is 0.761. The Hall–Kier alpha value is -1.00. The van der Waals surface area contributed by atoms with Crippen LogP contribution in [0.1, 0.15) is 19.4 Å². The summed E-state index contributed by atoms with van der Waals surface area (Å²) in [5.41, 5.74) is 0.907. The molecule has 0 saturated carbocycles. The van der Waals surface area contributed by atoms with Crippen molar-refractivity contribution in [1.29, 1.82) is 0 Å². The van der Waals surface area contributed by atoms with E-state index in [1.807, 2.05) is 32.0 Å². The lowest BCUT2D eigenvalue weighted by molar-refractivity contribution is 0.409. The Labute approximate surface area is 112 Å². The van der Waals surface area contributed by atoms with E-state index in [1.165, 1.54) is 0 Å². The first-order valence-corrected chi connectivity index (χ1v) is 6.19. The van der Waals surface area contributed by atoms with Crippen LogP contribution in [-0.2, 0) is 6.54 Å². The number of rotatable bonds is 4. The molecule has 17 heavy (non-hydrogen) atoms. The highest BCUT2D eigenvalue weighted by molar-refractivity contribution is 7.80. The number of thiocarbonyl (C=S) groups is 1. The Morgan fingerprint density at radius 3 is 2.76 bits per heavy atom. The maximum atomic E-state index is 6.11. The molecule has 0 unspecified atom stereocenters. The van der Waals surface area contributed by atoms with Gasteiger partial charge in [0, 0.05) is 23.2 Å². The van der Waals surface area contributed by atoms with Crippen molar-refractivity contribution in [2.24, 2.45) is 0 Å². The van der Waals surface area contributed by atoms with E-state index in [4.69, 9.17) is 28.6 Å². The fraction of sp³-hybridized carbons (Fsp3) is 0.417. The third-order valence-electron chi connectivity index (χ3n) is 2.14. The van der Waals surface area contributed by atoms with Gasteiger partial charge in [0.15, 0.2) is 5.11 Å².